The van der Waals surface area contributed by atoms with E-state index in [1.54, 1.807) is 0 Å². The summed E-state index contributed by atoms with van der Waals surface area (Å²) in [5, 5.41) is 3.30. The van der Waals surface area contributed by atoms with Gasteiger partial charge in [0.05, 0.1) is 12.8 Å². The molecule has 5 heteroatoms. The van der Waals surface area contributed by atoms with Crippen molar-refractivity contribution in [3.8, 4) is 0 Å². The van der Waals surface area contributed by atoms with E-state index in [4.69, 9.17) is 27.9 Å². The van der Waals surface area contributed by atoms with Crippen LogP contribution in [0.25, 0.3) is 0 Å². The van der Waals surface area contributed by atoms with Crippen molar-refractivity contribution in [2.75, 3.05) is 6.73 Å². The molecule has 1 aliphatic carbocycles. The standard InChI is InChI=1S/C11H17Cl2NO2/c1-11(2)4-7-8(16-5-14-7)3-6(11)9(15)10(12)13/h6-8,10,14H,3-5H2,1-2H3. The van der Waals surface area contributed by atoms with Crippen molar-refractivity contribution in [1.82, 2.24) is 5.32 Å². The molecule has 0 spiro atoms. The van der Waals surface area contributed by atoms with Gasteiger partial charge in [-0.15, -0.1) is 0 Å². The Labute approximate surface area is 106 Å². The van der Waals surface area contributed by atoms with Crippen LogP contribution in [0.5, 0.6) is 0 Å². The number of fused-ring (bicyclic) bond motifs is 1. The van der Waals surface area contributed by atoms with Gasteiger partial charge in [0.15, 0.2) is 10.6 Å². The molecule has 0 amide bonds. The molecule has 3 atom stereocenters. The first-order valence-electron chi connectivity index (χ1n) is 5.58. The Morgan fingerprint density at radius 3 is 2.81 bits per heavy atom. The number of hydrogen-bond acceptors (Lipinski definition) is 3. The molecule has 3 nitrogen and oxygen atoms in total. The number of hydrogen-bond donors (Lipinski definition) is 1. The molecule has 0 radical (unpaired) electrons. The first kappa shape index (κ1) is 12.6. The third-order valence-corrected chi connectivity index (χ3v) is 4.24. The number of alkyl halides is 2. The summed E-state index contributed by atoms with van der Waals surface area (Å²) >= 11 is 11.4. The van der Waals surface area contributed by atoms with E-state index in [9.17, 15) is 4.79 Å². The maximum absolute atomic E-state index is 12.0. The van der Waals surface area contributed by atoms with Crippen molar-refractivity contribution >= 4 is 29.0 Å². The number of carbonyl (C=O) groups is 1. The van der Waals surface area contributed by atoms with Crippen LogP contribution < -0.4 is 5.32 Å². The summed E-state index contributed by atoms with van der Waals surface area (Å²) in [6.45, 7) is 4.78. The molecule has 0 aromatic rings. The van der Waals surface area contributed by atoms with Crippen molar-refractivity contribution in [2.24, 2.45) is 11.3 Å². The van der Waals surface area contributed by atoms with Gasteiger partial charge in [-0.05, 0) is 18.3 Å². The molecule has 2 rings (SSSR count). The summed E-state index contributed by atoms with van der Waals surface area (Å²) in [5.74, 6) is -0.170. The van der Waals surface area contributed by atoms with Crippen LogP contribution in [-0.4, -0.2) is 29.5 Å². The molecule has 1 saturated heterocycles. The minimum Gasteiger partial charge on any atom is -0.361 e. The van der Waals surface area contributed by atoms with E-state index < -0.39 is 4.84 Å². The second kappa shape index (κ2) is 4.45. The minimum atomic E-state index is -0.921. The zero-order valence-corrected chi connectivity index (χ0v) is 11.0. The Bertz CT molecular complexity index is 294. The maximum Gasteiger partial charge on any atom is 0.169 e. The molecule has 1 N–H and O–H groups in total. The van der Waals surface area contributed by atoms with Crippen molar-refractivity contribution in [3.05, 3.63) is 0 Å². The van der Waals surface area contributed by atoms with Gasteiger partial charge in [-0.25, -0.2) is 0 Å². The number of nitrogens with one attached hydrogen (secondary N) is 1. The summed E-state index contributed by atoms with van der Waals surface area (Å²) in [7, 11) is 0. The topological polar surface area (TPSA) is 38.3 Å². The second-order valence-corrected chi connectivity index (χ2v) is 6.44. The Kier molecular flexibility index (Phi) is 3.51. The van der Waals surface area contributed by atoms with E-state index >= 15 is 0 Å². The predicted octanol–water partition coefficient (Wildman–Crippen LogP) is 2.11. The van der Waals surface area contributed by atoms with Crippen LogP contribution in [0.1, 0.15) is 26.7 Å². The molecule has 92 valence electrons. The van der Waals surface area contributed by atoms with Crippen LogP contribution in [0.4, 0.5) is 0 Å². The van der Waals surface area contributed by atoms with Crippen LogP contribution in [0.3, 0.4) is 0 Å². The average molecular weight is 266 g/mol. The summed E-state index contributed by atoms with van der Waals surface area (Å²) in [4.78, 5) is 11.0. The summed E-state index contributed by atoms with van der Waals surface area (Å²) in [6.07, 6.45) is 1.78. The Hall–Kier alpha value is 0.170. The van der Waals surface area contributed by atoms with Gasteiger partial charge in [-0.3, -0.25) is 10.1 Å². The number of ether oxygens (including phenoxy) is 1. The van der Waals surface area contributed by atoms with E-state index in [-0.39, 0.29) is 23.2 Å². The van der Waals surface area contributed by atoms with Crippen LogP contribution in [0.15, 0.2) is 0 Å². The number of rotatable bonds is 2. The van der Waals surface area contributed by atoms with Gasteiger partial charge in [-0.2, -0.15) is 0 Å². The molecule has 0 bridgehead atoms. The fourth-order valence-electron chi connectivity index (χ4n) is 2.86. The third-order valence-electron chi connectivity index (χ3n) is 3.81. The summed E-state index contributed by atoms with van der Waals surface area (Å²) in [6, 6.07) is 0.364. The lowest BCUT2D eigenvalue weighted by Crippen LogP contribution is -2.48. The number of halogens is 2. The molecule has 1 heterocycles. The van der Waals surface area contributed by atoms with Gasteiger partial charge in [0.2, 0.25) is 0 Å². The zero-order valence-electron chi connectivity index (χ0n) is 9.50. The lowest BCUT2D eigenvalue weighted by molar-refractivity contribution is -0.128. The molecule has 0 aromatic carbocycles. The van der Waals surface area contributed by atoms with Crippen molar-refractivity contribution < 1.29 is 9.53 Å². The molecular formula is C11H17Cl2NO2. The van der Waals surface area contributed by atoms with E-state index in [1.807, 2.05) is 0 Å². The quantitative estimate of drug-likeness (QED) is 0.778. The molecule has 16 heavy (non-hydrogen) atoms. The number of carbonyl (C=O) groups excluding carboxylic acids is 1. The highest BCUT2D eigenvalue weighted by molar-refractivity contribution is 6.53. The average Bonchev–Trinajstić information content (AvgIpc) is 2.60. The SMILES string of the molecule is CC1(C)CC2NCOC2CC1C(=O)C(Cl)Cl. The van der Waals surface area contributed by atoms with Crippen molar-refractivity contribution in [1.29, 1.82) is 0 Å². The first-order valence-corrected chi connectivity index (χ1v) is 6.46. The lowest BCUT2D eigenvalue weighted by Gasteiger charge is -2.42. The van der Waals surface area contributed by atoms with Gasteiger partial charge in [0.25, 0.3) is 0 Å². The van der Waals surface area contributed by atoms with Gasteiger partial charge in [-0.1, -0.05) is 37.0 Å². The molecule has 1 saturated carbocycles. The summed E-state index contributed by atoms with van der Waals surface area (Å²) < 4.78 is 5.56. The zero-order chi connectivity index (χ0) is 11.9. The Balaban J connectivity index is 2.15. The van der Waals surface area contributed by atoms with Crippen LogP contribution >= 0.6 is 23.2 Å². The molecule has 1 aliphatic heterocycles. The van der Waals surface area contributed by atoms with Gasteiger partial charge < -0.3 is 4.74 Å². The van der Waals surface area contributed by atoms with Gasteiger partial charge in [0.1, 0.15) is 0 Å². The van der Waals surface area contributed by atoms with E-state index in [0.717, 1.165) is 12.8 Å². The second-order valence-electron chi connectivity index (χ2n) is 5.34. The molecule has 3 unspecified atom stereocenters. The molecular weight excluding hydrogens is 249 g/mol. The van der Waals surface area contributed by atoms with Crippen LogP contribution in [0, 0.1) is 11.3 Å². The monoisotopic (exact) mass is 265 g/mol. The smallest absolute Gasteiger partial charge is 0.169 e. The Morgan fingerprint density at radius 1 is 1.50 bits per heavy atom. The first-order chi connectivity index (χ1) is 7.42. The normalized spacial score (nSPS) is 37.4. The molecule has 0 aromatic heterocycles. The summed E-state index contributed by atoms with van der Waals surface area (Å²) in [5.41, 5.74) is -0.0685. The fourth-order valence-corrected chi connectivity index (χ4v) is 3.16. The van der Waals surface area contributed by atoms with Gasteiger partial charge >= 0.3 is 0 Å². The van der Waals surface area contributed by atoms with E-state index in [2.05, 4.69) is 19.2 Å². The lowest BCUT2D eigenvalue weighted by atomic mass is 9.65. The largest absolute Gasteiger partial charge is 0.361 e. The van der Waals surface area contributed by atoms with Crippen molar-refractivity contribution in [3.63, 3.8) is 0 Å². The van der Waals surface area contributed by atoms with Gasteiger partial charge in [0, 0.05) is 12.0 Å². The predicted molar refractivity (Wildman–Crippen MR) is 63.7 cm³/mol. The minimum absolute atomic E-state index is 0.0673. The van der Waals surface area contributed by atoms with E-state index in [1.165, 1.54) is 0 Å². The highest BCUT2D eigenvalue weighted by Crippen LogP contribution is 2.44. The van der Waals surface area contributed by atoms with Crippen LogP contribution in [-0.2, 0) is 9.53 Å². The highest BCUT2D eigenvalue weighted by Gasteiger charge is 2.48. The fraction of sp³-hybridized carbons (Fsp3) is 0.909. The number of ketones is 1. The number of Topliss-reactive ketones (excluding diaryl/α,β-unsaturated/α-hetero) is 1. The Morgan fingerprint density at radius 2 is 2.19 bits per heavy atom. The molecule has 2 aliphatic rings. The van der Waals surface area contributed by atoms with Crippen LogP contribution in [0.2, 0.25) is 0 Å². The third kappa shape index (κ3) is 2.23. The maximum atomic E-state index is 12.0. The van der Waals surface area contributed by atoms with E-state index in [0.29, 0.717) is 12.8 Å². The van der Waals surface area contributed by atoms with Crippen molar-refractivity contribution in [2.45, 2.75) is 43.7 Å². The molecule has 2 fully saturated rings. The highest BCUT2D eigenvalue weighted by atomic mass is 35.5.